The minimum atomic E-state index is -4.63. The number of aliphatic hydroxyl groups excluding tert-OH is 2. The number of pyridine rings is 1. The fourth-order valence-electron chi connectivity index (χ4n) is 2.68. The number of hydrogen-bond acceptors (Lipinski definition) is 6. The molecule has 1 aromatic rings. The lowest BCUT2D eigenvalue weighted by Crippen LogP contribution is -2.49. The van der Waals surface area contributed by atoms with E-state index in [9.17, 15) is 28.2 Å². The van der Waals surface area contributed by atoms with Crippen LogP contribution in [0.1, 0.15) is 38.8 Å². The van der Waals surface area contributed by atoms with Crippen LogP contribution in [0.2, 0.25) is 0 Å². The predicted molar refractivity (Wildman–Crippen MR) is 84.2 cm³/mol. The van der Waals surface area contributed by atoms with Gasteiger partial charge in [0.15, 0.2) is 0 Å². The number of aromatic nitrogens is 1. The first kappa shape index (κ1) is 20.4. The first-order valence-corrected chi connectivity index (χ1v) is 8.39. The highest BCUT2D eigenvalue weighted by molar-refractivity contribution is 5.73. The zero-order valence-electron chi connectivity index (χ0n) is 14.4. The van der Waals surface area contributed by atoms with Crippen molar-refractivity contribution in [1.82, 2.24) is 4.98 Å². The molecule has 2 N–H and O–H groups in total. The normalized spacial score (nSPS) is 27.7. The fourth-order valence-corrected chi connectivity index (χ4v) is 2.68. The lowest BCUT2D eigenvalue weighted by Gasteiger charge is -2.35. The molecule has 1 aromatic heterocycles. The smallest absolute Gasteiger partial charge is 0.433 e. The van der Waals surface area contributed by atoms with Gasteiger partial charge in [-0.2, -0.15) is 13.2 Å². The maximum absolute atomic E-state index is 12.7. The lowest BCUT2D eigenvalue weighted by molar-refractivity contribution is -0.162. The summed E-state index contributed by atoms with van der Waals surface area (Å²) in [6.07, 6.45) is -7.99. The molecule has 0 aromatic carbocycles. The number of aliphatic hydroxyl groups is 2. The number of halogens is 3. The van der Waals surface area contributed by atoms with Crippen LogP contribution in [0, 0.1) is 5.92 Å². The first-order chi connectivity index (χ1) is 12.1. The van der Waals surface area contributed by atoms with Crippen molar-refractivity contribution in [2.75, 3.05) is 0 Å². The molecule has 0 amide bonds. The molecule has 1 fully saturated rings. The Morgan fingerprint density at radius 3 is 2.65 bits per heavy atom. The average Bonchev–Trinajstić information content (AvgIpc) is 2.58. The molecule has 1 aliphatic rings. The predicted octanol–water partition coefficient (Wildman–Crippen LogP) is 2.32. The first-order valence-electron chi connectivity index (χ1n) is 8.39. The van der Waals surface area contributed by atoms with Crippen LogP contribution in [0.15, 0.2) is 18.2 Å². The minimum Gasteiger partial charge on any atom is -0.471 e. The summed E-state index contributed by atoms with van der Waals surface area (Å²) in [4.78, 5) is 15.5. The van der Waals surface area contributed by atoms with Crippen LogP contribution in [0.4, 0.5) is 13.2 Å². The highest BCUT2D eigenvalue weighted by Crippen LogP contribution is 2.32. The Bertz CT molecular complexity index is 625. The number of rotatable bonds is 5. The molecule has 146 valence electrons. The van der Waals surface area contributed by atoms with Gasteiger partial charge in [-0.15, -0.1) is 0 Å². The zero-order chi connectivity index (χ0) is 19.5. The third kappa shape index (κ3) is 5.07. The quantitative estimate of drug-likeness (QED) is 0.766. The van der Waals surface area contributed by atoms with E-state index in [0.717, 1.165) is 12.1 Å². The van der Waals surface area contributed by atoms with Gasteiger partial charge in [-0.25, -0.2) is 4.98 Å². The molecule has 0 radical (unpaired) electrons. The number of ether oxygens (including phenoxy) is 2. The molecule has 1 aliphatic carbocycles. The summed E-state index contributed by atoms with van der Waals surface area (Å²) in [7, 11) is 0. The topological polar surface area (TPSA) is 88.9 Å². The molecule has 6 nitrogen and oxygen atoms in total. The second-order valence-electron chi connectivity index (χ2n) is 6.40. The van der Waals surface area contributed by atoms with Crippen molar-refractivity contribution in [3.8, 4) is 5.88 Å². The number of carbonyl (C=O) groups is 1. The van der Waals surface area contributed by atoms with Gasteiger partial charge in [-0.05, 0) is 25.8 Å². The van der Waals surface area contributed by atoms with Gasteiger partial charge in [0, 0.05) is 12.5 Å². The van der Waals surface area contributed by atoms with Crippen molar-refractivity contribution >= 4 is 5.97 Å². The molecule has 0 saturated heterocycles. The fraction of sp³-hybridized carbons (Fsp3) is 0.647. The molecule has 9 heteroatoms. The molecule has 0 bridgehead atoms. The van der Waals surface area contributed by atoms with Crippen LogP contribution in [0.3, 0.4) is 0 Å². The number of esters is 1. The van der Waals surface area contributed by atoms with Crippen LogP contribution >= 0.6 is 0 Å². The Balaban J connectivity index is 2.11. The van der Waals surface area contributed by atoms with Crippen LogP contribution in [0.25, 0.3) is 0 Å². The van der Waals surface area contributed by atoms with Crippen molar-refractivity contribution in [2.24, 2.45) is 5.92 Å². The van der Waals surface area contributed by atoms with Gasteiger partial charge >= 0.3 is 12.1 Å². The number of alkyl halides is 3. The number of carbonyl (C=O) groups excluding carboxylic acids is 1. The average molecular weight is 377 g/mol. The summed E-state index contributed by atoms with van der Waals surface area (Å²) in [6.45, 7) is 3.58. The second-order valence-corrected chi connectivity index (χ2v) is 6.40. The van der Waals surface area contributed by atoms with E-state index in [4.69, 9.17) is 9.47 Å². The Kier molecular flexibility index (Phi) is 6.46. The summed E-state index contributed by atoms with van der Waals surface area (Å²) >= 11 is 0. The van der Waals surface area contributed by atoms with E-state index in [-0.39, 0.29) is 24.8 Å². The number of nitrogens with zero attached hydrogens (tertiary/aromatic N) is 1. The van der Waals surface area contributed by atoms with Crippen molar-refractivity contribution in [3.63, 3.8) is 0 Å². The molecule has 1 unspecified atom stereocenters. The van der Waals surface area contributed by atoms with Gasteiger partial charge in [-0.1, -0.05) is 13.0 Å². The van der Waals surface area contributed by atoms with Gasteiger partial charge in [0.1, 0.15) is 17.9 Å². The van der Waals surface area contributed by atoms with E-state index >= 15 is 0 Å². The van der Waals surface area contributed by atoms with E-state index in [1.807, 2.05) is 6.92 Å². The Labute approximate surface area is 148 Å². The van der Waals surface area contributed by atoms with Crippen molar-refractivity contribution in [1.29, 1.82) is 0 Å². The van der Waals surface area contributed by atoms with Crippen molar-refractivity contribution in [2.45, 2.75) is 63.7 Å². The van der Waals surface area contributed by atoms with Gasteiger partial charge in [0.2, 0.25) is 5.88 Å². The molecular weight excluding hydrogens is 355 g/mol. The van der Waals surface area contributed by atoms with Crippen molar-refractivity contribution < 1.29 is 37.7 Å². The maximum atomic E-state index is 12.7. The summed E-state index contributed by atoms with van der Waals surface area (Å²) in [5, 5.41) is 20.1. The Hall–Kier alpha value is -1.87. The summed E-state index contributed by atoms with van der Waals surface area (Å²) in [5.74, 6) is -1.60. The molecule has 1 heterocycles. The highest BCUT2D eigenvalue weighted by Gasteiger charge is 2.41. The zero-order valence-corrected chi connectivity index (χ0v) is 14.4. The highest BCUT2D eigenvalue weighted by atomic mass is 19.4. The van der Waals surface area contributed by atoms with Crippen LogP contribution in [-0.4, -0.2) is 45.6 Å². The van der Waals surface area contributed by atoms with Crippen LogP contribution in [-0.2, 0) is 15.7 Å². The van der Waals surface area contributed by atoms with Gasteiger partial charge in [0.05, 0.1) is 18.1 Å². The monoisotopic (exact) mass is 377 g/mol. The summed E-state index contributed by atoms with van der Waals surface area (Å²) in [6, 6.07) is 3.15. The standard InChI is InChI=1S/C17H22F3NO5/c1-3-9(2)25-16(24)10-7-11(22)15(23)12(8-10)26-14-6-4-5-13(21-14)17(18,19)20/h4-6,9-12,15,22-23H,3,7-8H2,1-2H3/t9?,10-,11+,12+,15+/m1/s1. The van der Waals surface area contributed by atoms with Crippen molar-refractivity contribution in [3.05, 3.63) is 23.9 Å². The van der Waals surface area contributed by atoms with Gasteiger partial charge in [-0.3, -0.25) is 4.79 Å². The lowest BCUT2D eigenvalue weighted by atomic mass is 9.83. The van der Waals surface area contributed by atoms with E-state index in [0.29, 0.717) is 6.42 Å². The SMILES string of the molecule is CCC(C)OC(=O)[C@H]1C[C@H](Oc2cccc(C(F)(F)F)n2)[C@@H](O)[C@@H](O)C1. The van der Waals surface area contributed by atoms with Crippen LogP contribution < -0.4 is 4.74 Å². The Morgan fingerprint density at radius 2 is 2.04 bits per heavy atom. The van der Waals surface area contributed by atoms with Gasteiger partial charge < -0.3 is 19.7 Å². The molecule has 1 saturated carbocycles. The molecule has 5 atom stereocenters. The van der Waals surface area contributed by atoms with Crippen LogP contribution in [0.5, 0.6) is 5.88 Å². The minimum absolute atomic E-state index is 0.00538. The summed E-state index contributed by atoms with van der Waals surface area (Å²) in [5.41, 5.74) is -1.13. The third-order valence-electron chi connectivity index (χ3n) is 4.33. The number of hydrogen-bond donors (Lipinski definition) is 2. The van der Waals surface area contributed by atoms with E-state index in [1.165, 1.54) is 6.07 Å². The third-order valence-corrected chi connectivity index (χ3v) is 4.33. The Morgan fingerprint density at radius 1 is 1.35 bits per heavy atom. The van der Waals surface area contributed by atoms with Gasteiger partial charge in [0.25, 0.3) is 0 Å². The second kappa shape index (κ2) is 8.22. The van der Waals surface area contributed by atoms with E-state index in [1.54, 1.807) is 6.92 Å². The molecular formula is C17H22F3NO5. The molecule has 2 rings (SSSR count). The summed E-state index contributed by atoms with van der Waals surface area (Å²) < 4.78 is 48.8. The molecule has 26 heavy (non-hydrogen) atoms. The molecule has 0 spiro atoms. The van der Waals surface area contributed by atoms with E-state index < -0.39 is 42.1 Å². The maximum Gasteiger partial charge on any atom is 0.433 e. The molecule has 0 aliphatic heterocycles. The largest absolute Gasteiger partial charge is 0.471 e. The van der Waals surface area contributed by atoms with E-state index in [2.05, 4.69) is 4.98 Å².